The van der Waals surface area contributed by atoms with Crippen molar-refractivity contribution in [1.29, 1.82) is 0 Å². The molecule has 0 aliphatic carbocycles. The summed E-state index contributed by atoms with van der Waals surface area (Å²) < 4.78 is 28.2. The standard InChI is InChI=1S/C31H27F2N5O/c1-19-8-9-20(18-38(2)3)16-28(19)35-30(39)21-10-13-23(14-11-21)34-31-36-27-7-5-4-6-25(27)29(37-31)24-15-12-22(32)17-26(24)33/h4-17H,18H2,1-3H3,(H,35,39)(H,34,36,37). The van der Waals surface area contributed by atoms with Crippen molar-refractivity contribution in [2.24, 2.45) is 0 Å². The summed E-state index contributed by atoms with van der Waals surface area (Å²) in [6.45, 7) is 2.73. The number of halogens is 2. The van der Waals surface area contributed by atoms with Crippen LogP contribution in [0.2, 0.25) is 0 Å². The number of amides is 1. The molecule has 1 amide bonds. The van der Waals surface area contributed by atoms with E-state index >= 15 is 0 Å². The van der Waals surface area contributed by atoms with Crippen molar-refractivity contribution in [2.75, 3.05) is 24.7 Å². The summed E-state index contributed by atoms with van der Waals surface area (Å²) in [5.74, 6) is -1.34. The van der Waals surface area contributed by atoms with Gasteiger partial charge in [0.2, 0.25) is 5.95 Å². The summed E-state index contributed by atoms with van der Waals surface area (Å²) in [6, 6.07) is 23.6. The summed E-state index contributed by atoms with van der Waals surface area (Å²) in [7, 11) is 4.00. The van der Waals surface area contributed by atoms with Crippen molar-refractivity contribution >= 4 is 34.1 Å². The van der Waals surface area contributed by atoms with Crippen LogP contribution < -0.4 is 10.6 Å². The van der Waals surface area contributed by atoms with E-state index in [4.69, 9.17) is 0 Å². The Labute approximate surface area is 225 Å². The first-order valence-corrected chi connectivity index (χ1v) is 12.4. The average Bonchev–Trinajstić information content (AvgIpc) is 2.90. The molecule has 1 heterocycles. The number of carbonyl (C=O) groups is 1. The Morgan fingerprint density at radius 3 is 2.41 bits per heavy atom. The van der Waals surface area contributed by atoms with Crippen LogP contribution in [0.5, 0.6) is 0 Å². The van der Waals surface area contributed by atoms with Gasteiger partial charge in [-0.05, 0) is 80.7 Å². The minimum atomic E-state index is -0.706. The summed E-state index contributed by atoms with van der Waals surface area (Å²) in [6.07, 6.45) is 0. The van der Waals surface area contributed by atoms with Crippen molar-refractivity contribution in [1.82, 2.24) is 14.9 Å². The molecule has 5 rings (SSSR count). The maximum Gasteiger partial charge on any atom is 0.255 e. The molecule has 0 bridgehead atoms. The van der Waals surface area contributed by atoms with Crippen molar-refractivity contribution in [3.8, 4) is 11.3 Å². The van der Waals surface area contributed by atoms with E-state index in [0.717, 1.165) is 29.4 Å². The summed E-state index contributed by atoms with van der Waals surface area (Å²) in [5, 5.41) is 6.78. The number of anilines is 3. The van der Waals surface area contributed by atoms with Crippen molar-refractivity contribution in [3.63, 3.8) is 0 Å². The predicted molar refractivity (Wildman–Crippen MR) is 151 cm³/mol. The number of nitrogens with one attached hydrogen (secondary N) is 2. The Bertz CT molecular complexity index is 1670. The second-order valence-electron chi connectivity index (χ2n) is 9.58. The second kappa shape index (κ2) is 11.0. The first kappa shape index (κ1) is 25.9. The fourth-order valence-corrected chi connectivity index (χ4v) is 4.32. The summed E-state index contributed by atoms with van der Waals surface area (Å²) in [5.41, 5.74) is 5.13. The van der Waals surface area contributed by atoms with Gasteiger partial charge in [0, 0.05) is 40.5 Å². The third-order valence-electron chi connectivity index (χ3n) is 6.24. The molecule has 0 radical (unpaired) electrons. The largest absolute Gasteiger partial charge is 0.324 e. The van der Waals surface area contributed by atoms with E-state index in [-0.39, 0.29) is 17.4 Å². The van der Waals surface area contributed by atoms with E-state index in [9.17, 15) is 13.6 Å². The topological polar surface area (TPSA) is 70.2 Å². The molecule has 196 valence electrons. The van der Waals surface area contributed by atoms with Crippen LogP contribution >= 0.6 is 0 Å². The van der Waals surface area contributed by atoms with Gasteiger partial charge in [0.05, 0.1) is 11.2 Å². The van der Waals surface area contributed by atoms with Gasteiger partial charge in [-0.25, -0.2) is 18.7 Å². The molecule has 4 aromatic carbocycles. The number of aromatic nitrogens is 2. The van der Waals surface area contributed by atoms with Gasteiger partial charge in [0.25, 0.3) is 5.91 Å². The van der Waals surface area contributed by atoms with Crippen molar-refractivity contribution in [2.45, 2.75) is 13.5 Å². The van der Waals surface area contributed by atoms with Crippen LogP contribution in [-0.2, 0) is 6.54 Å². The summed E-state index contributed by atoms with van der Waals surface area (Å²) >= 11 is 0. The molecule has 0 aliphatic rings. The molecule has 0 saturated carbocycles. The van der Waals surface area contributed by atoms with Gasteiger partial charge in [0.15, 0.2) is 0 Å². The zero-order valence-corrected chi connectivity index (χ0v) is 21.8. The van der Waals surface area contributed by atoms with E-state index in [0.29, 0.717) is 27.8 Å². The molecule has 5 aromatic rings. The fraction of sp³-hybridized carbons (Fsp3) is 0.129. The van der Waals surface area contributed by atoms with E-state index < -0.39 is 11.6 Å². The van der Waals surface area contributed by atoms with Crippen LogP contribution in [0.4, 0.5) is 26.1 Å². The van der Waals surface area contributed by atoms with E-state index in [1.165, 1.54) is 12.1 Å². The lowest BCUT2D eigenvalue weighted by molar-refractivity contribution is 0.102. The zero-order valence-electron chi connectivity index (χ0n) is 21.8. The van der Waals surface area contributed by atoms with Gasteiger partial charge in [-0.2, -0.15) is 0 Å². The molecule has 0 unspecified atom stereocenters. The SMILES string of the molecule is Cc1ccc(CN(C)C)cc1NC(=O)c1ccc(Nc2nc(-c3ccc(F)cc3F)c3ccccc3n2)cc1. The lowest BCUT2D eigenvalue weighted by Gasteiger charge is -2.14. The Hall–Kier alpha value is -4.69. The number of para-hydroxylation sites is 1. The molecule has 0 saturated heterocycles. The van der Waals surface area contributed by atoms with E-state index in [2.05, 4.69) is 31.6 Å². The number of hydrogen-bond acceptors (Lipinski definition) is 5. The van der Waals surface area contributed by atoms with Crippen LogP contribution in [0.3, 0.4) is 0 Å². The van der Waals surface area contributed by atoms with E-state index in [1.54, 1.807) is 36.4 Å². The molecule has 0 aliphatic heterocycles. The van der Waals surface area contributed by atoms with Crippen LogP contribution in [-0.4, -0.2) is 34.9 Å². The molecule has 1 aromatic heterocycles. The Balaban J connectivity index is 1.38. The molecular formula is C31H27F2N5O. The highest BCUT2D eigenvalue weighted by atomic mass is 19.1. The van der Waals surface area contributed by atoms with Gasteiger partial charge >= 0.3 is 0 Å². The number of rotatable bonds is 7. The molecule has 2 N–H and O–H groups in total. The van der Waals surface area contributed by atoms with Crippen LogP contribution in [0, 0.1) is 18.6 Å². The highest BCUT2D eigenvalue weighted by molar-refractivity contribution is 6.05. The lowest BCUT2D eigenvalue weighted by atomic mass is 10.1. The Morgan fingerprint density at radius 2 is 1.67 bits per heavy atom. The Morgan fingerprint density at radius 1 is 0.897 bits per heavy atom. The molecule has 8 heteroatoms. The fourth-order valence-electron chi connectivity index (χ4n) is 4.32. The molecule has 6 nitrogen and oxygen atoms in total. The van der Waals surface area contributed by atoms with Crippen LogP contribution in [0.15, 0.2) is 84.9 Å². The number of aryl methyl sites for hydroxylation is 1. The summed E-state index contributed by atoms with van der Waals surface area (Å²) in [4.78, 5) is 24.1. The predicted octanol–water partition coefficient (Wildman–Crippen LogP) is 6.94. The molecule has 39 heavy (non-hydrogen) atoms. The van der Waals surface area contributed by atoms with Gasteiger partial charge in [-0.15, -0.1) is 0 Å². The van der Waals surface area contributed by atoms with Gasteiger partial charge < -0.3 is 15.5 Å². The van der Waals surface area contributed by atoms with Gasteiger partial charge in [0.1, 0.15) is 11.6 Å². The third kappa shape index (κ3) is 5.91. The number of benzene rings is 4. The minimum absolute atomic E-state index is 0.176. The Kier molecular flexibility index (Phi) is 7.29. The molecular weight excluding hydrogens is 496 g/mol. The smallest absolute Gasteiger partial charge is 0.255 e. The first-order chi connectivity index (χ1) is 18.8. The highest BCUT2D eigenvalue weighted by Crippen LogP contribution is 2.30. The maximum atomic E-state index is 14.6. The maximum absolute atomic E-state index is 14.6. The van der Waals surface area contributed by atoms with Crippen molar-refractivity contribution < 1.29 is 13.6 Å². The lowest BCUT2D eigenvalue weighted by Crippen LogP contribution is -2.14. The monoisotopic (exact) mass is 523 g/mol. The van der Waals surface area contributed by atoms with Gasteiger partial charge in [-0.1, -0.05) is 30.3 Å². The average molecular weight is 524 g/mol. The minimum Gasteiger partial charge on any atom is -0.324 e. The van der Waals surface area contributed by atoms with Gasteiger partial charge in [-0.3, -0.25) is 4.79 Å². The first-order valence-electron chi connectivity index (χ1n) is 12.4. The van der Waals surface area contributed by atoms with Crippen LogP contribution in [0.1, 0.15) is 21.5 Å². The number of hydrogen-bond donors (Lipinski definition) is 2. The third-order valence-corrected chi connectivity index (χ3v) is 6.24. The zero-order chi connectivity index (χ0) is 27.5. The quantitative estimate of drug-likeness (QED) is 0.242. The number of carbonyl (C=O) groups excluding carboxylic acids is 1. The van der Waals surface area contributed by atoms with E-state index in [1.807, 2.05) is 45.3 Å². The number of fused-ring (bicyclic) bond motifs is 1. The second-order valence-corrected chi connectivity index (χ2v) is 9.58. The number of nitrogens with zero attached hydrogens (tertiary/aromatic N) is 3. The molecule has 0 fully saturated rings. The van der Waals surface area contributed by atoms with Crippen molar-refractivity contribution in [3.05, 3.63) is 113 Å². The highest BCUT2D eigenvalue weighted by Gasteiger charge is 2.15. The molecule has 0 atom stereocenters. The normalized spacial score (nSPS) is 11.1. The molecule has 0 spiro atoms. The van der Waals surface area contributed by atoms with Crippen LogP contribution in [0.25, 0.3) is 22.2 Å².